The Hall–Kier alpha value is -2.96. The minimum absolute atomic E-state index is 0.176. The number of hydrogen-bond acceptors (Lipinski definition) is 5. The highest BCUT2D eigenvalue weighted by Gasteiger charge is 2.50. The second kappa shape index (κ2) is 5.30. The van der Waals surface area contributed by atoms with E-state index in [2.05, 4.69) is 5.32 Å². The van der Waals surface area contributed by atoms with Crippen LogP contribution in [-0.4, -0.2) is 35.6 Å². The van der Waals surface area contributed by atoms with E-state index in [0.717, 1.165) is 0 Å². The highest BCUT2D eigenvalue weighted by Crippen LogP contribution is 2.36. The maximum Gasteiger partial charge on any atom is 0.290 e. The number of carbonyl (C=O) groups is 2. The molecule has 1 aromatic heterocycles. The molecule has 24 heavy (non-hydrogen) atoms. The number of furan rings is 1. The number of likely N-dealkylation sites (tertiary alicyclic amines) is 1. The lowest BCUT2D eigenvalue weighted by atomic mass is 9.85. The molecule has 4 rings (SSSR count). The second-order valence-electron chi connectivity index (χ2n) is 5.98. The largest absolute Gasteiger partial charge is 0.459 e. The number of nitrogens with zero attached hydrogens (tertiary/aromatic N) is 1. The Kier molecular flexibility index (Phi) is 3.23. The summed E-state index contributed by atoms with van der Waals surface area (Å²) in [6, 6.07) is 8.44. The number of rotatable bonds is 3. The van der Waals surface area contributed by atoms with Crippen molar-refractivity contribution in [3.8, 4) is 11.5 Å². The lowest BCUT2D eigenvalue weighted by Crippen LogP contribution is -2.66. The maximum absolute atomic E-state index is 12.7. The average Bonchev–Trinajstić information content (AvgIpc) is 3.23. The van der Waals surface area contributed by atoms with Crippen molar-refractivity contribution < 1.29 is 23.5 Å². The molecule has 7 heteroatoms. The van der Waals surface area contributed by atoms with Gasteiger partial charge in [0.05, 0.1) is 6.26 Å². The Morgan fingerprint density at radius 1 is 1.21 bits per heavy atom. The average molecular weight is 328 g/mol. The van der Waals surface area contributed by atoms with E-state index >= 15 is 0 Å². The molecule has 2 amide bonds. The van der Waals surface area contributed by atoms with E-state index in [-0.39, 0.29) is 24.4 Å². The minimum atomic E-state index is -0.903. The standard InChI is InChI=1S/C17H16N2O5/c1-17(6-7-19(17)15(20)13-3-2-8-22-13)16(21)18-11-4-5-12-14(9-11)24-10-23-12/h2-5,8-9H,6-7,10H2,1H3,(H,18,21). The first-order valence-electron chi connectivity index (χ1n) is 7.64. The van der Waals surface area contributed by atoms with Crippen molar-refractivity contribution >= 4 is 17.5 Å². The van der Waals surface area contributed by atoms with Crippen molar-refractivity contribution in [1.82, 2.24) is 4.90 Å². The zero-order valence-electron chi connectivity index (χ0n) is 13.1. The summed E-state index contributed by atoms with van der Waals surface area (Å²) in [4.78, 5) is 26.6. The summed E-state index contributed by atoms with van der Waals surface area (Å²) in [5, 5.41) is 2.85. The molecule has 0 aliphatic carbocycles. The van der Waals surface area contributed by atoms with Crippen LogP contribution in [0.5, 0.6) is 11.5 Å². The number of benzene rings is 1. The van der Waals surface area contributed by atoms with Gasteiger partial charge in [-0.15, -0.1) is 0 Å². The molecule has 7 nitrogen and oxygen atoms in total. The van der Waals surface area contributed by atoms with E-state index in [4.69, 9.17) is 13.9 Å². The number of ether oxygens (including phenoxy) is 2. The highest BCUT2D eigenvalue weighted by atomic mass is 16.7. The Labute approximate surface area is 138 Å². The molecule has 1 unspecified atom stereocenters. The lowest BCUT2D eigenvalue weighted by molar-refractivity contribution is -0.132. The van der Waals surface area contributed by atoms with Crippen LogP contribution >= 0.6 is 0 Å². The van der Waals surface area contributed by atoms with E-state index < -0.39 is 5.54 Å². The number of amides is 2. The lowest BCUT2D eigenvalue weighted by Gasteiger charge is -2.48. The molecule has 2 aliphatic rings. The molecule has 124 valence electrons. The molecule has 1 N–H and O–H groups in total. The summed E-state index contributed by atoms with van der Waals surface area (Å²) in [7, 11) is 0. The molecule has 1 atom stereocenters. The predicted molar refractivity (Wildman–Crippen MR) is 84.0 cm³/mol. The first-order valence-corrected chi connectivity index (χ1v) is 7.64. The molecule has 2 aromatic rings. The first-order chi connectivity index (χ1) is 11.6. The molecule has 0 spiro atoms. The van der Waals surface area contributed by atoms with Crippen LogP contribution in [0.1, 0.15) is 23.9 Å². The van der Waals surface area contributed by atoms with Gasteiger partial charge in [0.25, 0.3) is 5.91 Å². The number of anilines is 1. The fourth-order valence-electron chi connectivity index (χ4n) is 2.89. The van der Waals surface area contributed by atoms with Crippen molar-refractivity contribution in [1.29, 1.82) is 0 Å². The van der Waals surface area contributed by atoms with Crippen LogP contribution < -0.4 is 14.8 Å². The molecule has 1 saturated heterocycles. The molecule has 1 aromatic carbocycles. The molecule has 0 saturated carbocycles. The van der Waals surface area contributed by atoms with Gasteiger partial charge in [0.2, 0.25) is 12.7 Å². The normalized spacial score (nSPS) is 21.3. The SMILES string of the molecule is CC1(C(=O)Nc2ccc3c(c2)OCO3)CCN1C(=O)c1ccco1. The van der Waals surface area contributed by atoms with Gasteiger partial charge < -0.3 is 24.1 Å². The number of hydrogen-bond donors (Lipinski definition) is 1. The molecule has 3 heterocycles. The zero-order valence-corrected chi connectivity index (χ0v) is 13.1. The van der Waals surface area contributed by atoms with E-state index in [9.17, 15) is 9.59 Å². The third-order valence-electron chi connectivity index (χ3n) is 4.51. The third-order valence-corrected chi connectivity index (χ3v) is 4.51. The van der Waals surface area contributed by atoms with Crippen LogP contribution in [0.2, 0.25) is 0 Å². The molecular formula is C17H16N2O5. The van der Waals surface area contributed by atoms with E-state index in [0.29, 0.717) is 30.2 Å². The van der Waals surface area contributed by atoms with Gasteiger partial charge in [0, 0.05) is 18.3 Å². The smallest absolute Gasteiger partial charge is 0.290 e. The van der Waals surface area contributed by atoms with Gasteiger partial charge in [-0.25, -0.2) is 0 Å². The van der Waals surface area contributed by atoms with Gasteiger partial charge in [-0.1, -0.05) is 0 Å². The fraction of sp³-hybridized carbons (Fsp3) is 0.294. The van der Waals surface area contributed by atoms with Crippen molar-refractivity contribution in [3.05, 3.63) is 42.4 Å². The highest BCUT2D eigenvalue weighted by molar-refractivity contribution is 6.04. The van der Waals surface area contributed by atoms with Crippen LogP contribution in [0.4, 0.5) is 5.69 Å². The molecular weight excluding hydrogens is 312 g/mol. The molecule has 0 radical (unpaired) electrons. The predicted octanol–water partition coefficient (Wildman–Crippen LogP) is 2.25. The van der Waals surface area contributed by atoms with Gasteiger partial charge >= 0.3 is 0 Å². The number of carbonyl (C=O) groups excluding carboxylic acids is 2. The van der Waals surface area contributed by atoms with Crippen LogP contribution in [-0.2, 0) is 4.79 Å². The minimum Gasteiger partial charge on any atom is -0.459 e. The van der Waals surface area contributed by atoms with Crippen molar-refractivity contribution in [2.45, 2.75) is 18.9 Å². The zero-order chi connectivity index (χ0) is 16.7. The quantitative estimate of drug-likeness (QED) is 0.934. The summed E-state index contributed by atoms with van der Waals surface area (Å²) in [6.45, 7) is 2.44. The van der Waals surface area contributed by atoms with Crippen LogP contribution in [0.25, 0.3) is 0 Å². The first kappa shape index (κ1) is 14.6. The Morgan fingerprint density at radius 2 is 2.04 bits per heavy atom. The van der Waals surface area contributed by atoms with Crippen LogP contribution in [0.3, 0.4) is 0 Å². The van der Waals surface area contributed by atoms with Gasteiger partial charge in [-0.3, -0.25) is 9.59 Å². The van der Waals surface area contributed by atoms with Gasteiger partial charge in [-0.05, 0) is 37.6 Å². The Morgan fingerprint density at radius 3 is 2.75 bits per heavy atom. The second-order valence-corrected chi connectivity index (χ2v) is 5.98. The van der Waals surface area contributed by atoms with Crippen molar-refractivity contribution in [2.24, 2.45) is 0 Å². The summed E-state index contributed by atoms with van der Waals surface area (Å²) < 4.78 is 15.7. The molecule has 0 bridgehead atoms. The summed E-state index contributed by atoms with van der Waals surface area (Å²) in [6.07, 6.45) is 2.03. The monoisotopic (exact) mass is 328 g/mol. The Bertz CT molecular complexity index is 801. The third kappa shape index (κ3) is 2.20. The van der Waals surface area contributed by atoms with Gasteiger partial charge in [0.15, 0.2) is 17.3 Å². The summed E-state index contributed by atoms with van der Waals surface area (Å²) in [5.74, 6) is 0.950. The fourth-order valence-corrected chi connectivity index (χ4v) is 2.89. The van der Waals surface area contributed by atoms with E-state index in [1.54, 1.807) is 37.3 Å². The molecule has 2 aliphatic heterocycles. The summed E-state index contributed by atoms with van der Waals surface area (Å²) in [5.41, 5.74) is -0.303. The van der Waals surface area contributed by atoms with E-state index in [1.807, 2.05) is 0 Å². The number of nitrogens with one attached hydrogen (secondary N) is 1. The number of fused-ring (bicyclic) bond motifs is 1. The Balaban J connectivity index is 1.50. The summed E-state index contributed by atoms with van der Waals surface area (Å²) >= 11 is 0. The maximum atomic E-state index is 12.7. The van der Waals surface area contributed by atoms with Gasteiger partial charge in [0.1, 0.15) is 5.54 Å². The molecule has 1 fully saturated rings. The van der Waals surface area contributed by atoms with Crippen molar-refractivity contribution in [2.75, 3.05) is 18.7 Å². The van der Waals surface area contributed by atoms with Crippen molar-refractivity contribution in [3.63, 3.8) is 0 Å². The topological polar surface area (TPSA) is 81.0 Å². The van der Waals surface area contributed by atoms with Crippen LogP contribution in [0, 0.1) is 0 Å². The van der Waals surface area contributed by atoms with Gasteiger partial charge in [-0.2, -0.15) is 0 Å². The van der Waals surface area contributed by atoms with E-state index in [1.165, 1.54) is 11.2 Å². The van der Waals surface area contributed by atoms with Crippen LogP contribution in [0.15, 0.2) is 41.0 Å².